The number of rotatable bonds is 12. The predicted octanol–water partition coefficient (Wildman–Crippen LogP) is 6.29. The Labute approximate surface area is 239 Å². The summed E-state index contributed by atoms with van der Waals surface area (Å²) >= 11 is 0. The molecule has 0 aromatic heterocycles. The molecule has 4 aromatic carbocycles. The summed E-state index contributed by atoms with van der Waals surface area (Å²) in [6.07, 6.45) is -5.90. The van der Waals surface area contributed by atoms with Crippen molar-refractivity contribution >= 4 is 5.97 Å². The number of carbonyl (C=O) groups is 1. The van der Waals surface area contributed by atoms with Gasteiger partial charge in [-0.3, -0.25) is 0 Å². The third-order valence-corrected chi connectivity index (χ3v) is 6.79. The molecular formula is C34H33FO6. The highest BCUT2D eigenvalue weighted by molar-refractivity contribution is 5.89. The minimum Gasteiger partial charge on any atom is -0.450 e. The summed E-state index contributed by atoms with van der Waals surface area (Å²) < 4.78 is 45.9. The number of ether oxygens (including phenoxy) is 5. The van der Waals surface area contributed by atoms with E-state index in [1.54, 1.807) is 30.3 Å². The quantitative estimate of drug-likeness (QED) is 0.191. The van der Waals surface area contributed by atoms with Gasteiger partial charge in [0.1, 0.15) is 18.3 Å². The molecule has 1 aliphatic rings. The van der Waals surface area contributed by atoms with Gasteiger partial charge in [-0.25, -0.2) is 9.18 Å². The Hall–Kier alpha value is -3.88. The van der Waals surface area contributed by atoms with Crippen LogP contribution in [0.1, 0.15) is 27.0 Å². The first-order valence-corrected chi connectivity index (χ1v) is 13.7. The lowest BCUT2D eigenvalue weighted by molar-refractivity contribution is -0.287. The Bertz CT molecular complexity index is 1320. The first kappa shape index (κ1) is 28.6. The van der Waals surface area contributed by atoms with Gasteiger partial charge in [0.05, 0.1) is 32.0 Å². The first-order chi connectivity index (χ1) is 20.2. The fourth-order valence-corrected chi connectivity index (χ4v) is 4.68. The highest BCUT2D eigenvalue weighted by atomic mass is 19.1. The van der Waals surface area contributed by atoms with E-state index in [2.05, 4.69) is 0 Å². The van der Waals surface area contributed by atoms with Crippen LogP contribution in [0, 0.1) is 0 Å². The molecule has 1 aliphatic heterocycles. The number of alkyl halides is 1. The summed E-state index contributed by atoms with van der Waals surface area (Å²) in [5.74, 6) is -0.671. The average Bonchev–Trinajstić information content (AvgIpc) is 3.02. The van der Waals surface area contributed by atoms with E-state index in [9.17, 15) is 4.79 Å². The smallest absolute Gasteiger partial charge is 0.338 e. The third-order valence-electron chi connectivity index (χ3n) is 6.79. The fourth-order valence-electron chi connectivity index (χ4n) is 4.68. The maximum atomic E-state index is 15.7. The van der Waals surface area contributed by atoms with E-state index < -0.39 is 36.7 Å². The maximum Gasteiger partial charge on any atom is 0.338 e. The molecule has 4 aromatic rings. The van der Waals surface area contributed by atoms with Crippen LogP contribution in [0.2, 0.25) is 0 Å². The van der Waals surface area contributed by atoms with Crippen molar-refractivity contribution in [3.05, 3.63) is 144 Å². The molecular weight excluding hydrogens is 523 g/mol. The number of hydrogen-bond acceptors (Lipinski definition) is 6. The maximum absolute atomic E-state index is 15.7. The van der Waals surface area contributed by atoms with Gasteiger partial charge < -0.3 is 23.7 Å². The molecule has 1 heterocycles. The van der Waals surface area contributed by atoms with E-state index in [1.165, 1.54) is 0 Å². The SMILES string of the molecule is O=C(O[C@@H]1[C@@H](OCc2ccccc2)[C@H](OCc2ccccc2)[C@@H](COCc2ccccc2)O[C@H]1F)c1ccccc1. The van der Waals surface area contributed by atoms with Crippen LogP contribution in [-0.4, -0.2) is 43.3 Å². The molecule has 0 radical (unpaired) electrons. The van der Waals surface area contributed by atoms with Crippen LogP contribution in [0.15, 0.2) is 121 Å². The molecule has 5 rings (SSSR count). The molecule has 0 amide bonds. The summed E-state index contributed by atoms with van der Waals surface area (Å²) in [4.78, 5) is 13.0. The molecule has 5 atom stereocenters. The molecule has 1 fully saturated rings. The van der Waals surface area contributed by atoms with Crippen LogP contribution in [-0.2, 0) is 43.5 Å². The minimum absolute atomic E-state index is 0.0549. The Morgan fingerprint density at radius 2 is 1.07 bits per heavy atom. The highest BCUT2D eigenvalue weighted by Gasteiger charge is 2.50. The largest absolute Gasteiger partial charge is 0.450 e. The van der Waals surface area contributed by atoms with Crippen molar-refractivity contribution in [2.45, 2.75) is 50.6 Å². The number of carbonyl (C=O) groups excluding carboxylic acids is 1. The van der Waals surface area contributed by atoms with Gasteiger partial charge in [0.2, 0.25) is 6.36 Å². The average molecular weight is 557 g/mol. The first-order valence-electron chi connectivity index (χ1n) is 13.7. The number of esters is 1. The second-order valence-electron chi connectivity index (χ2n) is 9.78. The van der Waals surface area contributed by atoms with Crippen LogP contribution in [0.3, 0.4) is 0 Å². The number of benzene rings is 4. The summed E-state index contributed by atoms with van der Waals surface area (Å²) in [5.41, 5.74) is 3.10. The Balaban J connectivity index is 1.39. The minimum atomic E-state index is -1.95. The van der Waals surface area contributed by atoms with Gasteiger partial charge in [0.25, 0.3) is 0 Å². The molecule has 0 bridgehead atoms. The molecule has 6 nitrogen and oxygen atoms in total. The molecule has 41 heavy (non-hydrogen) atoms. The standard InChI is InChI=1S/C34H33FO6/c35-33-32(41-34(36)28-19-11-4-12-20-28)31(39-23-27-17-9-3-10-18-27)30(38-22-26-15-7-2-8-16-26)29(40-33)24-37-21-25-13-5-1-6-14-25/h1-20,29-33H,21-24H2/t29-,30-,31+,32-,33-/m1/s1. The molecule has 0 unspecified atom stereocenters. The van der Waals surface area contributed by atoms with E-state index in [0.717, 1.165) is 16.7 Å². The van der Waals surface area contributed by atoms with E-state index in [4.69, 9.17) is 23.7 Å². The van der Waals surface area contributed by atoms with Crippen molar-refractivity contribution in [3.63, 3.8) is 0 Å². The van der Waals surface area contributed by atoms with Crippen molar-refractivity contribution in [2.75, 3.05) is 6.61 Å². The van der Waals surface area contributed by atoms with Crippen LogP contribution in [0.4, 0.5) is 4.39 Å². The zero-order valence-corrected chi connectivity index (χ0v) is 22.6. The van der Waals surface area contributed by atoms with Crippen molar-refractivity contribution in [3.8, 4) is 0 Å². The highest BCUT2D eigenvalue weighted by Crippen LogP contribution is 2.31. The molecule has 0 N–H and O–H groups in total. The van der Waals surface area contributed by atoms with E-state index in [1.807, 2.05) is 91.0 Å². The topological polar surface area (TPSA) is 63.2 Å². The Morgan fingerprint density at radius 3 is 1.61 bits per heavy atom. The monoisotopic (exact) mass is 556 g/mol. The summed E-state index contributed by atoms with van der Waals surface area (Å²) in [6.45, 7) is 0.774. The van der Waals surface area contributed by atoms with E-state index in [-0.39, 0.29) is 19.8 Å². The molecule has 212 valence electrons. The van der Waals surface area contributed by atoms with Crippen molar-refractivity contribution in [1.82, 2.24) is 0 Å². The lowest BCUT2D eigenvalue weighted by atomic mass is 9.98. The fraction of sp³-hybridized carbons (Fsp3) is 0.265. The molecule has 0 spiro atoms. The third kappa shape index (κ3) is 8.08. The van der Waals surface area contributed by atoms with Gasteiger partial charge in [0, 0.05) is 0 Å². The van der Waals surface area contributed by atoms with Crippen LogP contribution >= 0.6 is 0 Å². The van der Waals surface area contributed by atoms with Gasteiger partial charge in [-0.2, -0.15) is 0 Å². The number of halogens is 1. The number of hydrogen-bond donors (Lipinski definition) is 0. The summed E-state index contributed by atoms with van der Waals surface area (Å²) in [7, 11) is 0. The second-order valence-corrected chi connectivity index (χ2v) is 9.78. The van der Waals surface area contributed by atoms with E-state index in [0.29, 0.717) is 12.2 Å². The normalized spacial score (nSPS) is 22.2. The van der Waals surface area contributed by atoms with Crippen LogP contribution in [0.25, 0.3) is 0 Å². The van der Waals surface area contributed by atoms with Gasteiger partial charge in [-0.15, -0.1) is 0 Å². The van der Waals surface area contributed by atoms with Gasteiger partial charge in [0.15, 0.2) is 6.10 Å². The van der Waals surface area contributed by atoms with Gasteiger partial charge >= 0.3 is 5.97 Å². The van der Waals surface area contributed by atoms with Crippen LogP contribution in [0.5, 0.6) is 0 Å². The second kappa shape index (κ2) is 14.7. The van der Waals surface area contributed by atoms with E-state index >= 15 is 4.39 Å². The lowest BCUT2D eigenvalue weighted by Gasteiger charge is -2.43. The zero-order valence-electron chi connectivity index (χ0n) is 22.6. The summed E-state index contributed by atoms with van der Waals surface area (Å²) in [6, 6.07) is 37.3. The summed E-state index contributed by atoms with van der Waals surface area (Å²) in [5, 5.41) is 0. The van der Waals surface area contributed by atoms with Gasteiger partial charge in [-0.05, 0) is 28.8 Å². The molecule has 1 saturated heterocycles. The molecule has 0 aliphatic carbocycles. The lowest BCUT2D eigenvalue weighted by Crippen LogP contribution is -2.60. The van der Waals surface area contributed by atoms with Crippen molar-refractivity contribution in [2.24, 2.45) is 0 Å². The molecule has 7 heteroatoms. The van der Waals surface area contributed by atoms with Crippen molar-refractivity contribution < 1.29 is 32.9 Å². The van der Waals surface area contributed by atoms with Crippen LogP contribution < -0.4 is 0 Å². The predicted molar refractivity (Wildman–Crippen MR) is 152 cm³/mol. The van der Waals surface area contributed by atoms with Crippen molar-refractivity contribution in [1.29, 1.82) is 0 Å². The zero-order chi connectivity index (χ0) is 28.3. The van der Waals surface area contributed by atoms with Gasteiger partial charge in [-0.1, -0.05) is 109 Å². The Morgan fingerprint density at radius 1 is 0.610 bits per heavy atom. The molecule has 0 saturated carbocycles. The Kier molecular flexibility index (Phi) is 10.2.